The predicted molar refractivity (Wildman–Crippen MR) is 73.4 cm³/mol. The molecule has 0 atom stereocenters. The fraction of sp³-hybridized carbons (Fsp3) is 0. The van der Waals surface area contributed by atoms with Gasteiger partial charge in [0.15, 0.2) is 0 Å². The van der Waals surface area contributed by atoms with Crippen LogP contribution < -0.4 is 10.5 Å². The number of benzene rings is 1. The quantitative estimate of drug-likeness (QED) is 0.389. The summed E-state index contributed by atoms with van der Waals surface area (Å²) in [5, 5.41) is 17.8. The molecule has 3 N–H and O–H groups in total. The molecule has 0 saturated heterocycles. The Hall–Kier alpha value is -2.67. The first-order valence-electron chi connectivity index (χ1n) is 5.39. The maximum atomic E-state index is 10.6. The highest BCUT2D eigenvalue weighted by Gasteiger charge is 2.13. The van der Waals surface area contributed by atoms with Gasteiger partial charge in [-0.25, -0.2) is 4.98 Å². The van der Waals surface area contributed by atoms with E-state index in [0.29, 0.717) is 17.2 Å². The Kier molecular flexibility index (Phi) is 3.81. The zero-order valence-corrected chi connectivity index (χ0v) is 10.8. The number of nitrogen functional groups attached to an aromatic ring is 1. The van der Waals surface area contributed by atoms with Crippen LogP contribution in [-0.2, 0) is 0 Å². The van der Waals surface area contributed by atoms with Crippen molar-refractivity contribution in [2.75, 3.05) is 0 Å². The molecular weight excluding hydrogens is 284 g/mol. The molecule has 0 aliphatic heterocycles. The Bertz CT molecular complexity index is 673. The zero-order valence-electron chi connectivity index (χ0n) is 10.0. The number of halogens is 1. The van der Waals surface area contributed by atoms with Crippen molar-refractivity contribution in [1.29, 1.82) is 5.41 Å². The molecule has 0 aliphatic carbocycles. The zero-order chi connectivity index (χ0) is 14.7. The average molecular weight is 293 g/mol. The number of nitrogens with zero attached hydrogens (tertiary/aromatic N) is 2. The Balaban J connectivity index is 2.19. The van der Waals surface area contributed by atoms with Gasteiger partial charge in [0.1, 0.15) is 28.1 Å². The Morgan fingerprint density at radius 3 is 2.55 bits per heavy atom. The third-order valence-electron chi connectivity index (χ3n) is 2.36. The summed E-state index contributed by atoms with van der Waals surface area (Å²) in [6, 6.07) is 7.15. The van der Waals surface area contributed by atoms with E-state index in [4.69, 9.17) is 27.5 Å². The summed E-state index contributed by atoms with van der Waals surface area (Å²) in [6.45, 7) is 0. The van der Waals surface area contributed by atoms with Gasteiger partial charge in [-0.05, 0) is 18.2 Å². The number of nitro groups is 1. The van der Waals surface area contributed by atoms with Crippen molar-refractivity contribution < 1.29 is 9.66 Å². The van der Waals surface area contributed by atoms with Crippen LogP contribution in [0, 0.1) is 15.5 Å². The smallest absolute Gasteiger partial charge is 0.288 e. The van der Waals surface area contributed by atoms with Crippen LogP contribution in [0.5, 0.6) is 11.5 Å². The van der Waals surface area contributed by atoms with Crippen LogP contribution in [0.25, 0.3) is 0 Å². The van der Waals surface area contributed by atoms with E-state index >= 15 is 0 Å². The highest BCUT2D eigenvalue weighted by Crippen LogP contribution is 2.30. The Morgan fingerprint density at radius 2 is 2.05 bits per heavy atom. The van der Waals surface area contributed by atoms with Gasteiger partial charge < -0.3 is 10.5 Å². The minimum atomic E-state index is -0.574. The normalized spacial score (nSPS) is 10.1. The van der Waals surface area contributed by atoms with Gasteiger partial charge in [-0.2, -0.15) is 0 Å². The molecule has 0 unspecified atom stereocenters. The second kappa shape index (κ2) is 5.54. The number of rotatable bonds is 4. The summed E-state index contributed by atoms with van der Waals surface area (Å²) in [7, 11) is 0. The van der Waals surface area contributed by atoms with Gasteiger partial charge in [0.25, 0.3) is 5.69 Å². The number of hydrogen-bond acceptors (Lipinski definition) is 5. The molecule has 0 amide bonds. The summed E-state index contributed by atoms with van der Waals surface area (Å²) >= 11 is 5.78. The largest absolute Gasteiger partial charge is 0.456 e. The molecule has 7 nitrogen and oxygen atoms in total. The number of hydrogen-bond donors (Lipinski definition) is 2. The molecule has 2 rings (SSSR count). The molecule has 1 heterocycles. The molecule has 0 fully saturated rings. The molecule has 102 valence electrons. The fourth-order valence-electron chi connectivity index (χ4n) is 1.44. The monoisotopic (exact) mass is 292 g/mol. The molecule has 8 heteroatoms. The SMILES string of the molecule is N=C(N)c1ccc(Oc2ccc([N+](=O)[O-])c(Cl)c2)cn1. The molecule has 1 aromatic carbocycles. The van der Waals surface area contributed by atoms with Crippen LogP contribution in [-0.4, -0.2) is 15.7 Å². The lowest BCUT2D eigenvalue weighted by Crippen LogP contribution is -2.12. The first-order chi connectivity index (χ1) is 9.47. The van der Waals surface area contributed by atoms with E-state index in [1.165, 1.54) is 30.5 Å². The minimum Gasteiger partial charge on any atom is -0.456 e. The van der Waals surface area contributed by atoms with Crippen molar-refractivity contribution in [3.63, 3.8) is 0 Å². The summed E-state index contributed by atoms with van der Waals surface area (Å²) in [4.78, 5) is 14.0. The topological polar surface area (TPSA) is 115 Å². The van der Waals surface area contributed by atoms with E-state index in [1.807, 2.05) is 0 Å². The molecule has 0 aliphatic rings. The van der Waals surface area contributed by atoms with Crippen molar-refractivity contribution in [3.05, 3.63) is 57.4 Å². The van der Waals surface area contributed by atoms with E-state index in [9.17, 15) is 10.1 Å². The lowest BCUT2D eigenvalue weighted by Gasteiger charge is -2.06. The van der Waals surface area contributed by atoms with Gasteiger partial charge in [0.2, 0.25) is 0 Å². The average Bonchev–Trinajstić information content (AvgIpc) is 2.39. The lowest BCUT2D eigenvalue weighted by atomic mass is 10.3. The van der Waals surface area contributed by atoms with Gasteiger partial charge in [-0.3, -0.25) is 15.5 Å². The molecule has 0 saturated carbocycles. The Morgan fingerprint density at radius 1 is 1.35 bits per heavy atom. The van der Waals surface area contributed by atoms with Crippen molar-refractivity contribution in [1.82, 2.24) is 4.98 Å². The maximum Gasteiger partial charge on any atom is 0.288 e. The van der Waals surface area contributed by atoms with E-state index in [-0.39, 0.29) is 16.5 Å². The molecular formula is C12H9ClN4O3. The number of nitrogens with two attached hydrogens (primary N) is 1. The number of nitro benzene ring substituents is 1. The van der Waals surface area contributed by atoms with Crippen LogP contribution in [0.3, 0.4) is 0 Å². The van der Waals surface area contributed by atoms with E-state index in [0.717, 1.165) is 0 Å². The number of aromatic nitrogens is 1. The number of nitrogens with one attached hydrogen (secondary N) is 1. The molecule has 0 spiro atoms. The van der Waals surface area contributed by atoms with Gasteiger partial charge in [0.05, 0.1) is 11.1 Å². The van der Waals surface area contributed by atoms with Crippen molar-refractivity contribution in [3.8, 4) is 11.5 Å². The highest BCUT2D eigenvalue weighted by molar-refractivity contribution is 6.32. The summed E-state index contributed by atoms with van der Waals surface area (Å²) in [6.07, 6.45) is 1.39. The molecule has 1 aromatic heterocycles. The van der Waals surface area contributed by atoms with Gasteiger partial charge >= 0.3 is 0 Å². The molecule has 0 bridgehead atoms. The predicted octanol–water partition coefficient (Wildman–Crippen LogP) is 2.72. The summed E-state index contributed by atoms with van der Waals surface area (Å²) in [5.74, 6) is 0.604. The highest BCUT2D eigenvalue weighted by atomic mass is 35.5. The van der Waals surface area contributed by atoms with Crippen LogP contribution in [0.1, 0.15) is 5.69 Å². The third kappa shape index (κ3) is 3.01. The van der Waals surface area contributed by atoms with Crippen LogP contribution in [0.2, 0.25) is 5.02 Å². The first-order valence-corrected chi connectivity index (χ1v) is 5.77. The van der Waals surface area contributed by atoms with Crippen molar-refractivity contribution in [2.24, 2.45) is 5.73 Å². The second-order valence-electron chi connectivity index (χ2n) is 3.77. The number of amidine groups is 1. The summed E-state index contributed by atoms with van der Waals surface area (Å²) < 4.78 is 5.45. The van der Waals surface area contributed by atoms with Crippen molar-refractivity contribution >= 4 is 23.1 Å². The summed E-state index contributed by atoms with van der Waals surface area (Å²) in [5.41, 5.74) is 5.42. The number of ether oxygens (including phenoxy) is 1. The van der Waals surface area contributed by atoms with Gasteiger partial charge in [-0.1, -0.05) is 11.6 Å². The second-order valence-corrected chi connectivity index (χ2v) is 4.17. The third-order valence-corrected chi connectivity index (χ3v) is 2.67. The molecule has 0 radical (unpaired) electrons. The first kappa shape index (κ1) is 13.8. The number of pyridine rings is 1. The van der Waals surface area contributed by atoms with E-state index in [2.05, 4.69) is 4.98 Å². The Labute approximate surface area is 118 Å². The van der Waals surface area contributed by atoms with Gasteiger partial charge in [0, 0.05) is 12.1 Å². The van der Waals surface area contributed by atoms with Crippen molar-refractivity contribution in [2.45, 2.75) is 0 Å². The molecule has 20 heavy (non-hydrogen) atoms. The minimum absolute atomic E-state index is 0.0131. The fourth-order valence-corrected chi connectivity index (χ4v) is 1.67. The van der Waals surface area contributed by atoms with E-state index in [1.54, 1.807) is 6.07 Å². The van der Waals surface area contributed by atoms with Crippen LogP contribution in [0.4, 0.5) is 5.69 Å². The molecule has 2 aromatic rings. The lowest BCUT2D eigenvalue weighted by molar-refractivity contribution is -0.384. The van der Waals surface area contributed by atoms with E-state index < -0.39 is 4.92 Å². The van der Waals surface area contributed by atoms with Crippen LogP contribution >= 0.6 is 11.6 Å². The van der Waals surface area contributed by atoms with Gasteiger partial charge in [-0.15, -0.1) is 0 Å². The van der Waals surface area contributed by atoms with Crippen LogP contribution in [0.15, 0.2) is 36.5 Å². The standard InChI is InChI=1S/C12H9ClN4O3/c13-9-5-7(2-4-11(9)17(18)19)20-8-1-3-10(12(14)15)16-6-8/h1-6H,(H3,14,15). The maximum absolute atomic E-state index is 10.6.